The standard InChI is InChI=1S/C14H13BrN2O4/c1-8(19)10-3-2-9(6-11(10)15)16-12-7-13(20)17(4-5-18)14(12)21/h2-3,6-7,16,18H,4-5H2,1H3. The number of benzene rings is 1. The van der Waals surface area contributed by atoms with Gasteiger partial charge in [-0.15, -0.1) is 0 Å². The fourth-order valence-corrected chi connectivity index (χ4v) is 2.60. The van der Waals surface area contributed by atoms with Crippen molar-refractivity contribution in [2.75, 3.05) is 18.5 Å². The van der Waals surface area contributed by atoms with E-state index in [9.17, 15) is 14.4 Å². The topological polar surface area (TPSA) is 86.7 Å². The fourth-order valence-electron chi connectivity index (χ4n) is 1.94. The summed E-state index contributed by atoms with van der Waals surface area (Å²) in [5.41, 5.74) is 1.24. The molecule has 2 rings (SSSR count). The Balaban J connectivity index is 2.18. The van der Waals surface area contributed by atoms with Crippen LogP contribution in [-0.2, 0) is 9.59 Å². The van der Waals surface area contributed by atoms with Crippen molar-refractivity contribution in [1.82, 2.24) is 4.90 Å². The lowest BCUT2D eigenvalue weighted by Gasteiger charge is -2.13. The van der Waals surface area contributed by atoms with Crippen LogP contribution in [0, 0.1) is 0 Å². The summed E-state index contributed by atoms with van der Waals surface area (Å²) in [4.78, 5) is 35.9. The molecule has 1 aromatic carbocycles. The average Bonchev–Trinajstić information content (AvgIpc) is 2.66. The number of aliphatic hydroxyl groups excluding tert-OH is 1. The number of carbonyl (C=O) groups excluding carboxylic acids is 3. The highest BCUT2D eigenvalue weighted by Gasteiger charge is 2.30. The van der Waals surface area contributed by atoms with Crippen molar-refractivity contribution < 1.29 is 19.5 Å². The summed E-state index contributed by atoms with van der Waals surface area (Å²) in [6.45, 7) is 1.14. The third-order valence-corrected chi connectivity index (χ3v) is 3.62. The molecule has 0 atom stereocenters. The third kappa shape index (κ3) is 3.20. The Labute approximate surface area is 129 Å². The number of Topliss-reactive ketones (excluding diaryl/α,β-unsaturated/α-hetero) is 1. The van der Waals surface area contributed by atoms with E-state index in [4.69, 9.17) is 5.11 Å². The molecule has 0 saturated carbocycles. The first-order valence-corrected chi connectivity index (χ1v) is 6.99. The number of β-amino-alcohol motifs (C(OH)–C–C–N with tert-alkyl or cyclic N) is 1. The molecule has 1 aliphatic heterocycles. The highest BCUT2D eigenvalue weighted by Crippen LogP contribution is 2.24. The lowest BCUT2D eigenvalue weighted by Crippen LogP contribution is -2.34. The van der Waals surface area contributed by atoms with Crippen molar-refractivity contribution in [2.45, 2.75) is 6.92 Å². The second kappa shape index (κ2) is 6.19. The molecule has 1 heterocycles. The monoisotopic (exact) mass is 352 g/mol. The quantitative estimate of drug-likeness (QED) is 0.616. The zero-order valence-electron chi connectivity index (χ0n) is 11.2. The molecule has 0 aliphatic carbocycles. The number of anilines is 1. The van der Waals surface area contributed by atoms with E-state index in [0.717, 1.165) is 4.90 Å². The number of halogens is 1. The van der Waals surface area contributed by atoms with Gasteiger partial charge in [0, 0.05) is 21.8 Å². The normalized spacial score (nSPS) is 14.4. The fraction of sp³-hybridized carbons (Fsp3) is 0.214. The number of carbonyl (C=O) groups is 3. The molecule has 1 aliphatic rings. The lowest BCUT2D eigenvalue weighted by atomic mass is 10.1. The molecule has 0 spiro atoms. The van der Waals surface area contributed by atoms with Crippen LogP contribution in [0.1, 0.15) is 17.3 Å². The first-order chi connectivity index (χ1) is 9.93. The first kappa shape index (κ1) is 15.4. The maximum atomic E-state index is 12.0. The van der Waals surface area contributed by atoms with Gasteiger partial charge in [0.25, 0.3) is 11.8 Å². The summed E-state index contributed by atoms with van der Waals surface area (Å²) in [6.07, 6.45) is 1.19. The van der Waals surface area contributed by atoms with Crippen LogP contribution in [0.15, 0.2) is 34.4 Å². The van der Waals surface area contributed by atoms with Gasteiger partial charge in [-0.05, 0) is 41.1 Å². The second-order valence-corrected chi connectivity index (χ2v) is 5.31. The molecule has 0 unspecified atom stereocenters. The van der Waals surface area contributed by atoms with Crippen LogP contribution in [0.3, 0.4) is 0 Å². The van der Waals surface area contributed by atoms with Crippen LogP contribution in [0.2, 0.25) is 0 Å². The predicted molar refractivity (Wildman–Crippen MR) is 79.7 cm³/mol. The number of hydrogen-bond acceptors (Lipinski definition) is 5. The SMILES string of the molecule is CC(=O)c1ccc(NC2=CC(=O)N(CCO)C2=O)cc1Br. The summed E-state index contributed by atoms with van der Waals surface area (Å²) in [5.74, 6) is -1.02. The summed E-state index contributed by atoms with van der Waals surface area (Å²) >= 11 is 3.29. The van der Waals surface area contributed by atoms with Gasteiger partial charge in [-0.2, -0.15) is 0 Å². The molecule has 6 nitrogen and oxygen atoms in total. The number of nitrogens with zero attached hydrogens (tertiary/aromatic N) is 1. The predicted octanol–water partition coefficient (Wildman–Crippen LogP) is 1.31. The van der Waals surface area contributed by atoms with Gasteiger partial charge in [-0.25, -0.2) is 0 Å². The zero-order chi connectivity index (χ0) is 15.6. The second-order valence-electron chi connectivity index (χ2n) is 4.45. The zero-order valence-corrected chi connectivity index (χ0v) is 12.8. The van der Waals surface area contributed by atoms with E-state index in [-0.39, 0.29) is 24.6 Å². The van der Waals surface area contributed by atoms with E-state index in [1.54, 1.807) is 18.2 Å². The molecule has 2 amide bonds. The minimum absolute atomic E-state index is 0.0354. The highest BCUT2D eigenvalue weighted by atomic mass is 79.9. The maximum Gasteiger partial charge on any atom is 0.277 e. The number of nitrogens with one attached hydrogen (secondary N) is 1. The Bertz CT molecular complexity index is 654. The molecule has 0 fully saturated rings. The molecule has 0 bridgehead atoms. The highest BCUT2D eigenvalue weighted by molar-refractivity contribution is 9.10. The summed E-state index contributed by atoms with van der Waals surface area (Å²) in [5, 5.41) is 11.7. The lowest BCUT2D eigenvalue weighted by molar-refractivity contribution is -0.137. The Hall–Kier alpha value is -1.99. The molecule has 0 saturated heterocycles. The van der Waals surface area contributed by atoms with Gasteiger partial charge in [0.2, 0.25) is 0 Å². The molecule has 7 heteroatoms. The first-order valence-electron chi connectivity index (χ1n) is 6.20. The van der Waals surface area contributed by atoms with Crippen molar-refractivity contribution in [3.8, 4) is 0 Å². The number of rotatable bonds is 5. The third-order valence-electron chi connectivity index (χ3n) is 2.96. The Kier molecular flexibility index (Phi) is 4.54. The van der Waals surface area contributed by atoms with E-state index in [0.29, 0.717) is 15.7 Å². The van der Waals surface area contributed by atoms with E-state index in [1.165, 1.54) is 13.0 Å². The van der Waals surface area contributed by atoms with Gasteiger partial charge in [0.05, 0.1) is 13.2 Å². The van der Waals surface area contributed by atoms with E-state index in [2.05, 4.69) is 21.2 Å². The maximum absolute atomic E-state index is 12.0. The molecule has 0 radical (unpaired) electrons. The van der Waals surface area contributed by atoms with Crippen molar-refractivity contribution in [2.24, 2.45) is 0 Å². The minimum Gasteiger partial charge on any atom is -0.395 e. The number of aliphatic hydroxyl groups is 1. The Morgan fingerprint density at radius 3 is 2.67 bits per heavy atom. The van der Waals surface area contributed by atoms with Gasteiger partial charge >= 0.3 is 0 Å². The van der Waals surface area contributed by atoms with Crippen molar-refractivity contribution in [3.63, 3.8) is 0 Å². The van der Waals surface area contributed by atoms with Crippen molar-refractivity contribution in [1.29, 1.82) is 0 Å². The number of ketones is 1. The largest absolute Gasteiger partial charge is 0.395 e. The Morgan fingerprint density at radius 1 is 1.38 bits per heavy atom. The van der Waals surface area contributed by atoms with Gasteiger partial charge in [0.1, 0.15) is 5.70 Å². The van der Waals surface area contributed by atoms with E-state index in [1.807, 2.05) is 0 Å². The number of hydrogen-bond donors (Lipinski definition) is 2. The number of imide groups is 1. The molecule has 21 heavy (non-hydrogen) atoms. The molecular weight excluding hydrogens is 340 g/mol. The van der Waals surface area contributed by atoms with Crippen molar-refractivity contribution in [3.05, 3.63) is 40.0 Å². The van der Waals surface area contributed by atoms with Crippen LogP contribution in [0.5, 0.6) is 0 Å². The average molecular weight is 353 g/mol. The Morgan fingerprint density at radius 2 is 2.10 bits per heavy atom. The van der Waals surface area contributed by atoms with Gasteiger partial charge in [-0.1, -0.05) is 0 Å². The van der Waals surface area contributed by atoms with Gasteiger partial charge in [-0.3, -0.25) is 19.3 Å². The molecule has 1 aromatic rings. The van der Waals surface area contributed by atoms with Crippen LogP contribution in [-0.4, -0.2) is 40.8 Å². The van der Waals surface area contributed by atoms with E-state index >= 15 is 0 Å². The van der Waals surface area contributed by atoms with Crippen LogP contribution >= 0.6 is 15.9 Å². The molecule has 110 valence electrons. The summed E-state index contributed by atoms with van der Waals surface area (Å²) in [6, 6.07) is 4.93. The minimum atomic E-state index is -0.485. The summed E-state index contributed by atoms with van der Waals surface area (Å²) < 4.78 is 0.601. The van der Waals surface area contributed by atoms with Gasteiger partial charge < -0.3 is 10.4 Å². The summed E-state index contributed by atoms with van der Waals surface area (Å²) in [7, 11) is 0. The smallest absolute Gasteiger partial charge is 0.277 e. The van der Waals surface area contributed by atoms with E-state index < -0.39 is 11.8 Å². The van der Waals surface area contributed by atoms with Gasteiger partial charge in [0.15, 0.2) is 5.78 Å². The van der Waals surface area contributed by atoms with Crippen molar-refractivity contribution >= 4 is 39.2 Å². The van der Waals surface area contributed by atoms with Crippen LogP contribution < -0.4 is 5.32 Å². The number of amides is 2. The van der Waals surface area contributed by atoms with Crippen LogP contribution in [0.25, 0.3) is 0 Å². The molecule has 0 aromatic heterocycles. The molecule has 2 N–H and O–H groups in total. The van der Waals surface area contributed by atoms with Crippen LogP contribution in [0.4, 0.5) is 5.69 Å². The molecular formula is C14H13BrN2O4.